The molecule has 0 unspecified atom stereocenters. The minimum Gasteiger partial charge on any atom is -0.452 e. The van der Waals surface area contributed by atoms with Crippen molar-refractivity contribution in [3.05, 3.63) is 75.2 Å². The summed E-state index contributed by atoms with van der Waals surface area (Å²) in [5.74, 6) is -0.799. The molecule has 1 amide bonds. The van der Waals surface area contributed by atoms with Crippen molar-refractivity contribution in [2.45, 2.75) is 13.3 Å². The summed E-state index contributed by atoms with van der Waals surface area (Å²) in [5.41, 5.74) is 0.781. The first-order valence-corrected chi connectivity index (χ1v) is 9.17. The molecule has 0 spiro atoms. The van der Waals surface area contributed by atoms with Gasteiger partial charge >= 0.3 is 5.97 Å². The van der Waals surface area contributed by atoms with E-state index >= 15 is 0 Å². The van der Waals surface area contributed by atoms with Crippen LogP contribution in [-0.2, 0) is 16.0 Å². The van der Waals surface area contributed by atoms with Gasteiger partial charge in [-0.3, -0.25) is 14.9 Å². The topological polar surface area (TPSA) is 129 Å². The van der Waals surface area contributed by atoms with Gasteiger partial charge in [0, 0.05) is 18.3 Å². The van der Waals surface area contributed by atoms with Crippen molar-refractivity contribution in [1.29, 1.82) is 0 Å². The van der Waals surface area contributed by atoms with Crippen LogP contribution in [0.2, 0.25) is 5.02 Å². The Morgan fingerprint density at radius 3 is 2.73 bits per heavy atom. The second-order valence-corrected chi connectivity index (χ2v) is 6.41. The molecule has 10 nitrogen and oxygen atoms in total. The number of nitro groups is 1. The van der Waals surface area contributed by atoms with Crippen LogP contribution < -0.4 is 5.32 Å². The molecule has 30 heavy (non-hydrogen) atoms. The molecule has 2 heterocycles. The highest BCUT2D eigenvalue weighted by atomic mass is 35.5. The van der Waals surface area contributed by atoms with Crippen molar-refractivity contribution in [3.8, 4) is 5.82 Å². The second-order valence-electron chi connectivity index (χ2n) is 6.00. The average Bonchev–Trinajstić information content (AvgIpc) is 3.18. The molecule has 1 aromatic carbocycles. The summed E-state index contributed by atoms with van der Waals surface area (Å²) in [6.45, 7) is 1.29. The van der Waals surface area contributed by atoms with Gasteiger partial charge in [-0.1, -0.05) is 24.6 Å². The van der Waals surface area contributed by atoms with E-state index in [1.807, 2.05) is 6.92 Å². The number of halogens is 1. The number of amides is 1. The van der Waals surface area contributed by atoms with Crippen molar-refractivity contribution >= 4 is 34.9 Å². The molecular formula is C19H16ClN5O5. The number of rotatable bonds is 7. The number of pyridine rings is 1. The molecule has 0 fully saturated rings. The number of carbonyl (C=O) groups excluding carboxylic acids is 2. The van der Waals surface area contributed by atoms with Gasteiger partial charge in [-0.2, -0.15) is 5.10 Å². The normalized spacial score (nSPS) is 10.5. The maximum Gasteiger partial charge on any atom is 0.342 e. The Kier molecular flexibility index (Phi) is 6.38. The molecule has 0 bridgehead atoms. The summed E-state index contributed by atoms with van der Waals surface area (Å²) < 4.78 is 6.61. The lowest BCUT2D eigenvalue weighted by Crippen LogP contribution is -2.21. The third-order valence-corrected chi connectivity index (χ3v) is 4.37. The van der Waals surface area contributed by atoms with Crippen LogP contribution in [0.1, 0.15) is 23.0 Å². The Hall–Kier alpha value is -3.79. The zero-order valence-electron chi connectivity index (χ0n) is 15.7. The lowest BCUT2D eigenvalue weighted by atomic mass is 10.2. The van der Waals surface area contributed by atoms with E-state index in [0.717, 1.165) is 6.07 Å². The molecule has 3 rings (SSSR count). The highest BCUT2D eigenvalue weighted by Gasteiger charge is 2.20. The number of ether oxygens (including phenoxy) is 1. The number of benzene rings is 1. The van der Waals surface area contributed by atoms with Gasteiger partial charge in [0.25, 0.3) is 11.6 Å². The van der Waals surface area contributed by atoms with Crippen molar-refractivity contribution in [2.75, 3.05) is 11.9 Å². The summed E-state index contributed by atoms with van der Waals surface area (Å²) in [7, 11) is 0. The number of carbonyl (C=O) groups is 2. The summed E-state index contributed by atoms with van der Waals surface area (Å²) in [6, 6.07) is 8.93. The fourth-order valence-corrected chi connectivity index (χ4v) is 2.90. The van der Waals surface area contributed by atoms with E-state index in [-0.39, 0.29) is 22.0 Å². The molecule has 3 aromatic rings. The van der Waals surface area contributed by atoms with Gasteiger partial charge < -0.3 is 10.1 Å². The lowest BCUT2D eigenvalue weighted by Gasteiger charge is -2.09. The number of hydrogen-bond donors (Lipinski definition) is 1. The fraction of sp³-hybridized carbons (Fsp3) is 0.158. The van der Waals surface area contributed by atoms with E-state index in [2.05, 4.69) is 15.4 Å². The first-order valence-electron chi connectivity index (χ1n) is 8.80. The van der Waals surface area contributed by atoms with Gasteiger partial charge in [0.1, 0.15) is 5.56 Å². The first kappa shape index (κ1) is 20.9. The quantitative estimate of drug-likeness (QED) is 0.346. The molecule has 0 aliphatic carbocycles. The summed E-state index contributed by atoms with van der Waals surface area (Å²) in [5, 5.41) is 17.4. The van der Waals surface area contributed by atoms with E-state index in [4.69, 9.17) is 16.3 Å². The van der Waals surface area contributed by atoms with Gasteiger partial charge in [0.2, 0.25) is 0 Å². The van der Waals surface area contributed by atoms with Crippen LogP contribution in [0.3, 0.4) is 0 Å². The van der Waals surface area contributed by atoms with Gasteiger partial charge in [-0.05, 0) is 24.6 Å². The van der Waals surface area contributed by atoms with Gasteiger partial charge in [-0.15, -0.1) is 0 Å². The van der Waals surface area contributed by atoms with Gasteiger partial charge in [0.15, 0.2) is 12.4 Å². The second kappa shape index (κ2) is 9.14. The highest BCUT2D eigenvalue weighted by molar-refractivity contribution is 6.34. The Morgan fingerprint density at radius 2 is 2.10 bits per heavy atom. The molecule has 0 radical (unpaired) electrons. The molecule has 1 N–H and O–H groups in total. The molecule has 2 aromatic heterocycles. The maximum atomic E-state index is 12.4. The van der Waals surface area contributed by atoms with Crippen molar-refractivity contribution < 1.29 is 19.2 Å². The van der Waals surface area contributed by atoms with Crippen molar-refractivity contribution in [2.24, 2.45) is 0 Å². The van der Waals surface area contributed by atoms with Crippen LogP contribution in [-0.4, -0.2) is 38.2 Å². The molecule has 0 atom stereocenters. The van der Waals surface area contributed by atoms with Crippen LogP contribution in [0.15, 0.2) is 48.8 Å². The largest absolute Gasteiger partial charge is 0.452 e. The van der Waals surface area contributed by atoms with E-state index < -0.39 is 23.4 Å². The molecule has 11 heteroatoms. The summed E-state index contributed by atoms with van der Waals surface area (Å²) >= 11 is 5.93. The maximum absolute atomic E-state index is 12.4. The Morgan fingerprint density at radius 1 is 1.30 bits per heavy atom. The van der Waals surface area contributed by atoms with Crippen LogP contribution >= 0.6 is 11.6 Å². The Bertz CT molecular complexity index is 1100. The Balaban J connectivity index is 1.65. The Labute approximate surface area is 175 Å². The summed E-state index contributed by atoms with van der Waals surface area (Å²) in [4.78, 5) is 38.9. The molecule has 0 saturated heterocycles. The standard InChI is InChI=1S/C19H16ClN5O5/c1-2-16-13(10-22-24(16)17-5-3-4-8-21-17)19(27)30-11-18(26)23-15-7-6-12(25(28)29)9-14(15)20/h3-10H,2,11H2,1H3,(H,23,26). The van der Waals surface area contributed by atoms with Crippen LogP contribution in [0.5, 0.6) is 0 Å². The SMILES string of the molecule is CCc1c(C(=O)OCC(=O)Nc2ccc([N+](=O)[O-])cc2Cl)cnn1-c1ccccn1. The number of non-ortho nitro benzene ring substituents is 1. The minimum atomic E-state index is -0.709. The summed E-state index contributed by atoms with van der Waals surface area (Å²) in [6.07, 6.45) is 3.47. The highest BCUT2D eigenvalue weighted by Crippen LogP contribution is 2.26. The van der Waals surface area contributed by atoms with Crippen LogP contribution in [0, 0.1) is 10.1 Å². The van der Waals surface area contributed by atoms with Crippen molar-refractivity contribution in [1.82, 2.24) is 14.8 Å². The number of nitrogens with one attached hydrogen (secondary N) is 1. The first-order chi connectivity index (χ1) is 14.4. The molecule has 0 aliphatic rings. The number of nitrogens with zero attached hydrogens (tertiary/aromatic N) is 4. The van der Waals surface area contributed by atoms with Gasteiger partial charge in [-0.25, -0.2) is 14.5 Å². The predicted molar refractivity (Wildman–Crippen MR) is 108 cm³/mol. The zero-order chi connectivity index (χ0) is 21.7. The smallest absolute Gasteiger partial charge is 0.342 e. The van der Waals surface area contributed by atoms with E-state index in [0.29, 0.717) is 17.9 Å². The van der Waals surface area contributed by atoms with Crippen molar-refractivity contribution in [3.63, 3.8) is 0 Å². The third-order valence-electron chi connectivity index (χ3n) is 4.06. The minimum absolute atomic E-state index is 0.00576. The average molecular weight is 430 g/mol. The molecule has 0 aliphatic heterocycles. The molecule has 154 valence electrons. The van der Waals surface area contributed by atoms with E-state index in [1.165, 1.54) is 23.0 Å². The third kappa shape index (κ3) is 4.61. The number of anilines is 1. The number of esters is 1. The van der Waals surface area contributed by atoms with Crippen LogP contribution in [0.4, 0.5) is 11.4 Å². The molecular weight excluding hydrogens is 414 g/mol. The van der Waals surface area contributed by atoms with E-state index in [9.17, 15) is 19.7 Å². The molecule has 0 saturated carbocycles. The van der Waals surface area contributed by atoms with E-state index in [1.54, 1.807) is 24.4 Å². The number of hydrogen-bond acceptors (Lipinski definition) is 7. The van der Waals surface area contributed by atoms with Gasteiger partial charge in [0.05, 0.1) is 27.5 Å². The lowest BCUT2D eigenvalue weighted by molar-refractivity contribution is -0.384. The number of aromatic nitrogens is 3. The fourth-order valence-electron chi connectivity index (χ4n) is 2.68. The predicted octanol–water partition coefficient (Wildman–Crippen LogP) is 3.19. The van der Waals surface area contributed by atoms with Crippen LogP contribution in [0.25, 0.3) is 5.82 Å². The number of nitro benzene ring substituents is 1. The monoisotopic (exact) mass is 429 g/mol. The zero-order valence-corrected chi connectivity index (χ0v) is 16.5.